The first-order chi connectivity index (χ1) is 7.07. The lowest BCUT2D eigenvalue weighted by atomic mass is 10.2. The van der Waals surface area contributed by atoms with E-state index in [2.05, 4.69) is 10.3 Å². The van der Waals surface area contributed by atoms with E-state index in [4.69, 9.17) is 0 Å². The molecule has 4 nitrogen and oxygen atoms in total. The third kappa shape index (κ3) is 2.64. The summed E-state index contributed by atoms with van der Waals surface area (Å²) in [6.45, 7) is 1.98. The van der Waals surface area contributed by atoms with Gasteiger partial charge in [-0.15, -0.1) is 11.3 Å². The van der Waals surface area contributed by atoms with Crippen molar-refractivity contribution in [3.05, 3.63) is 28.1 Å². The smallest absolute Gasteiger partial charge is 0.173 e. The van der Waals surface area contributed by atoms with Crippen LogP contribution >= 0.6 is 11.3 Å². The molecular weight excluding hydrogens is 232 g/mol. The average molecular weight is 244 g/mol. The lowest BCUT2D eigenvalue weighted by Gasteiger charge is -2.15. The van der Waals surface area contributed by atoms with E-state index in [9.17, 15) is 8.42 Å². The van der Waals surface area contributed by atoms with E-state index in [-0.39, 0.29) is 17.8 Å². The van der Waals surface area contributed by atoms with Crippen LogP contribution in [0.5, 0.6) is 0 Å². The van der Waals surface area contributed by atoms with E-state index in [1.165, 1.54) is 16.7 Å². The van der Waals surface area contributed by atoms with Crippen LogP contribution in [0.2, 0.25) is 0 Å². The zero-order chi connectivity index (χ0) is 10.9. The van der Waals surface area contributed by atoms with Gasteiger partial charge >= 0.3 is 0 Å². The molecule has 0 saturated heterocycles. The highest BCUT2D eigenvalue weighted by atomic mass is 32.2. The van der Waals surface area contributed by atoms with Gasteiger partial charge in [0.15, 0.2) is 9.84 Å². The molecule has 0 bridgehead atoms. The number of rotatable bonds is 3. The molecule has 0 fully saturated rings. The van der Waals surface area contributed by atoms with Gasteiger partial charge in [0, 0.05) is 22.9 Å². The minimum Gasteiger partial charge on any atom is -0.301 e. The standard InChI is InChI=1S/C9H12N2O2S2/c1-7(9-4-14-6-10-9)11-8-2-3-15(12,13)5-8/h2-4,6-8,11H,5H2,1H3. The highest BCUT2D eigenvalue weighted by Gasteiger charge is 2.23. The Labute approximate surface area is 93.0 Å². The predicted molar refractivity (Wildman–Crippen MR) is 60.4 cm³/mol. The van der Waals surface area contributed by atoms with Crippen molar-refractivity contribution in [1.82, 2.24) is 10.3 Å². The van der Waals surface area contributed by atoms with Gasteiger partial charge in [0.25, 0.3) is 0 Å². The van der Waals surface area contributed by atoms with E-state index in [0.717, 1.165) is 5.69 Å². The second-order valence-corrected chi connectivity index (χ2v) is 6.22. The molecule has 1 N–H and O–H groups in total. The Hall–Kier alpha value is -0.720. The zero-order valence-corrected chi connectivity index (χ0v) is 9.88. The van der Waals surface area contributed by atoms with Gasteiger partial charge in [-0.3, -0.25) is 0 Å². The lowest BCUT2D eigenvalue weighted by Crippen LogP contribution is -2.32. The van der Waals surface area contributed by atoms with Crippen molar-refractivity contribution in [3.63, 3.8) is 0 Å². The van der Waals surface area contributed by atoms with Crippen molar-refractivity contribution in [2.24, 2.45) is 0 Å². The van der Waals surface area contributed by atoms with Gasteiger partial charge in [-0.1, -0.05) is 6.08 Å². The fraction of sp³-hybridized carbons (Fsp3) is 0.444. The molecule has 2 heterocycles. The van der Waals surface area contributed by atoms with Crippen molar-refractivity contribution in [1.29, 1.82) is 0 Å². The molecule has 15 heavy (non-hydrogen) atoms. The van der Waals surface area contributed by atoms with Crippen molar-refractivity contribution in [2.45, 2.75) is 19.0 Å². The van der Waals surface area contributed by atoms with Crippen molar-refractivity contribution in [3.8, 4) is 0 Å². The van der Waals surface area contributed by atoms with Gasteiger partial charge in [0.2, 0.25) is 0 Å². The van der Waals surface area contributed by atoms with Gasteiger partial charge in [0.05, 0.1) is 17.0 Å². The minimum absolute atomic E-state index is 0.0826. The maximum absolute atomic E-state index is 11.2. The van der Waals surface area contributed by atoms with Gasteiger partial charge in [-0.2, -0.15) is 0 Å². The molecule has 2 unspecified atom stereocenters. The van der Waals surface area contributed by atoms with E-state index in [0.29, 0.717) is 0 Å². The highest BCUT2D eigenvalue weighted by Crippen LogP contribution is 2.16. The van der Waals surface area contributed by atoms with Gasteiger partial charge in [-0.05, 0) is 6.92 Å². The number of nitrogens with one attached hydrogen (secondary N) is 1. The summed E-state index contributed by atoms with van der Waals surface area (Å²) in [7, 11) is -2.97. The van der Waals surface area contributed by atoms with Crippen molar-refractivity contribution < 1.29 is 8.42 Å². The summed E-state index contributed by atoms with van der Waals surface area (Å²) >= 11 is 1.54. The molecule has 6 heteroatoms. The Bertz CT molecular complexity index is 450. The number of thiazole rings is 1. The number of sulfone groups is 1. The molecule has 0 amide bonds. The van der Waals surface area contributed by atoms with Crippen LogP contribution in [0.4, 0.5) is 0 Å². The van der Waals surface area contributed by atoms with Crippen molar-refractivity contribution in [2.75, 3.05) is 5.75 Å². The first kappa shape index (κ1) is 10.8. The highest BCUT2D eigenvalue weighted by molar-refractivity contribution is 7.94. The van der Waals surface area contributed by atoms with E-state index in [1.807, 2.05) is 12.3 Å². The van der Waals surface area contributed by atoms with Crippen LogP contribution in [0.15, 0.2) is 22.4 Å². The molecular formula is C9H12N2O2S2. The fourth-order valence-corrected chi connectivity index (χ4v) is 3.42. The Morgan fingerprint density at radius 3 is 3.00 bits per heavy atom. The average Bonchev–Trinajstić information content (AvgIpc) is 2.74. The topological polar surface area (TPSA) is 59.1 Å². The van der Waals surface area contributed by atoms with Gasteiger partial charge in [-0.25, -0.2) is 13.4 Å². The number of aromatic nitrogens is 1. The van der Waals surface area contributed by atoms with E-state index in [1.54, 1.807) is 11.6 Å². The summed E-state index contributed by atoms with van der Waals surface area (Å²) in [5, 5.41) is 6.45. The normalized spacial score (nSPS) is 25.5. The Morgan fingerprint density at radius 2 is 2.47 bits per heavy atom. The lowest BCUT2D eigenvalue weighted by molar-refractivity contribution is 0.527. The number of hydrogen-bond acceptors (Lipinski definition) is 5. The largest absolute Gasteiger partial charge is 0.301 e. The molecule has 0 aromatic carbocycles. The maximum Gasteiger partial charge on any atom is 0.173 e. The Balaban J connectivity index is 1.97. The predicted octanol–water partition coefficient (Wildman–Crippen LogP) is 1.10. The molecule has 82 valence electrons. The van der Waals surface area contributed by atoms with Gasteiger partial charge < -0.3 is 5.32 Å². The third-order valence-corrected chi connectivity index (χ3v) is 4.29. The minimum atomic E-state index is -2.97. The van der Waals surface area contributed by atoms with Crippen LogP contribution in [0.1, 0.15) is 18.7 Å². The maximum atomic E-state index is 11.2. The quantitative estimate of drug-likeness (QED) is 0.865. The molecule has 1 aromatic heterocycles. The summed E-state index contributed by atoms with van der Waals surface area (Å²) in [5.41, 5.74) is 2.73. The number of nitrogens with zero attached hydrogens (tertiary/aromatic N) is 1. The SMILES string of the molecule is CC(NC1C=CS(=O)(=O)C1)c1cscn1. The Morgan fingerprint density at radius 1 is 1.67 bits per heavy atom. The fourth-order valence-electron chi connectivity index (χ4n) is 1.52. The van der Waals surface area contributed by atoms with Crippen LogP contribution < -0.4 is 5.32 Å². The van der Waals surface area contributed by atoms with Crippen LogP contribution in [0, 0.1) is 0 Å². The summed E-state index contributed by atoms with van der Waals surface area (Å²) in [5.74, 6) is 0.154. The first-order valence-electron chi connectivity index (χ1n) is 4.62. The molecule has 0 saturated carbocycles. The number of hydrogen-bond donors (Lipinski definition) is 1. The summed E-state index contributed by atoms with van der Waals surface area (Å²) in [6.07, 6.45) is 1.69. The molecule has 2 rings (SSSR count). The van der Waals surface area contributed by atoms with Gasteiger partial charge in [0.1, 0.15) is 0 Å². The zero-order valence-electron chi connectivity index (χ0n) is 8.25. The molecule has 0 radical (unpaired) electrons. The molecule has 0 spiro atoms. The second kappa shape index (κ2) is 4.03. The second-order valence-electron chi connectivity index (χ2n) is 3.57. The van der Waals surface area contributed by atoms with Crippen LogP contribution in [0.3, 0.4) is 0 Å². The third-order valence-electron chi connectivity index (χ3n) is 2.29. The van der Waals surface area contributed by atoms with Crippen LogP contribution in [-0.2, 0) is 9.84 Å². The Kier molecular flexibility index (Phi) is 2.90. The van der Waals surface area contributed by atoms with Crippen molar-refractivity contribution >= 4 is 21.2 Å². The van der Waals surface area contributed by atoms with E-state index >= 15 is 0 Å². The molecule has 1 aromatic rings. The van der Waals surface area contributed by atoms with E-state index < -0.39 is 9.84 Å². The first-order valence-corrected chi connectivity index (χ1v) is 7.28. The molecule has 0 aliphatic carbocycles. The molecule has 1 aliphatic rings. The van der Waals surface area contributed by atoms with Crippen LogP contribution in [-0.4, -0.2) is 25.2 Å². The summed E-state index contributed by atoms with van der Waals surface area (Å²) < 4.78 is 22.3. The molecule has 2 atom stereocenters. The summed E-state index contributed by atoms with van der Waals surface area (Å²) in [4.78, 5) is 4.18. The monoisotopic (exact) mass is 244 g/mol. The van der Waals surface area contributed by atoms with Crippen LogP contribution in [0.25, 0.3) is 0 Å². The summed E-state index contributed by atoms with van der Waals surface area (Å²) in [6, 6.07) is -0.00843. The molecule has 1 aliphatic heterocycles.